The van der Waals surface area contributed by atoms with Crippen molar-refractivity contribution >= 4 is 0 Å². The fourth-order valence-electron chi connectivity index (χ4n) is 1.44. The smallest absolute Gasteiger partial charge is 0.145 e. The number of aromatic nitrogens is 1. The van der Waals surface area contributed by atoms with E-state index in [0.29, 0.717) is 24.6 Å². The molecule has 2 rings (SSSR count). The van der Waals surface area contributed by atoms with Gasteiger partial charge in [0.15, 0.2) is 0 Å². The van der Waals surface area contributed by atoms with E-state index in [1.54, 1.807) is 12.3 Å². The molecule has 0 saturated heterocycles. The van der Waals surface area contributed by atoms with Gasteiger partial charge in [-0.2, -0.15) is 0 Å². The summed E-state index contributed by atoms with van der Waals surface area (Å²) in [5.74, 6) is 0.365. The monoisotopic (exact) mass is 180 g/mol. The number of pyridine rings is 1. The molecule has 0 spiro atoms. The summed E-state index contributed by atoms with van der Waals surface area (Å²) < 4.78 is 13.3. The molecule has 2 nitrogen and oxygen atoms in total. The van der Waals surface area contributed by atoms with Crippen LogP contribution in [0.1, 0.15) is 30.0 Å². The molecule has 0 aliphatic heterocycles. The Hall–Kier alpha value is -0.960. The second kappa shape index (κ2) is 3.42. The first-order valence-corrected chi connectivity index (χ1v) is 4.65. The molecule has 1 aliphatic carbocycles. The van der Waals surface area contributed by atoms with E-state index in [0.717, 1.165) is 5.56 Å². The standard InChI is InChI=1S/C10H13FN2/c11-9-5-8(7-1-2-7)6-13-10(9)3-4-12/h5-7H,1-4,12H2. The van der Waals surface area contributed by atoms with Crippen LogP contribution in [0, 0.1) is 5.82 Å². The molecule has 0 bridgehead atoms. The summed E-state index contributed by atoms with van der Waals surface area (Å²) in [6.45, 7) is 0.451. The highest BCUT2D eigenvalue weighted by Crippen LogP contribution is 2.39. The third kappa shape index (κ3) is 1.86. The first kappa shape index (κ1) is 8.63. The molecular weight excluding hydrogens is 167 g/mol. The highest BCUT2D eigenvalue weighted by Gasteiger charge is 2.24. The number of nitrogens with two attached hydrogens (primary N) is 1. The van der Waals surface area contributed by atoms with Crippen molar-refractivity contribution in [2.45, 2.75) is 25.2 Å². The molecule has 1 aromatic heterocycles. The van der Waals surface area contributed by atoms with Crippen LogP contribution in [0.25, 0.3) is 0 Å². The Morgan fingerprint density at radius 3 is 2.85 bits per heavy atom. The molecule has 0 radical (unpaired) electrons. The summed E-state index contributed by atoms with van der Waals surface area (Å²) in [5.41, 5.74) is 6.87. The molecule has 1 heterocycles. The Morgan fingerprint density at radius 2 is 2.31 bits per heavy atom. The summed E-state index contributed by atoms with van der Waals surface area (Å²) in [4.78, 5) is 4.07. The molecule has 70 valence electrons. The van der Waals surface area contributed by atoms with Gasteiger partial charge >= 0.3 is 0 Å². The first-order valence-electron chi connectivity index (χ1n) is 4.65. The van der Waals surface area contributed by atoms with Crippen molar-refractivity contribution in [3.05, 3.63) is 29.3 Å². The van der Waals surface area contributed by atoms with E-state index < -0.39 is 0 Å². The van der Waals surface area contributed by atoms with Crippen LogP contribution >= 0.6 is 0 Å². The van der Waals surface area contributed by atoms with Crippen molar-refractivity contribution in [3.8, 4) is 0 Å². The van der Waals surface area contributed by atoms with E-state index in [1.807, 2.05) is 0 Å². The van der Waals surface area contributed by atoms with Crippen LogP contribution in [0.2, 0.25) is 0 Å². The average molecular weight is 180 g/mol. The van der Waals surface area contributed by atoms with Crippen molar-refractivity contribution in [3.63, 3.8) is 0 Å². The van der Waals surface area contributed by atoms with Crippen LogP contribution in [0.15, 0.2) is 12.3 Å². The van der Waals surface area contributed by atoms with Gasteiger partial charge in [0.1, 0.15) is 5.82 Å². The van der Waals surface area contributed by atoms with Crippen LogP contribution < -0.4 is 5.73 Å². The normalized spacial score (nSPS) is 16.2. The van der Waals surface area contributed by atoms with Gasteiger partial charge in [0.25, 0.3) is 0 Å². The van der Waals surface area contributed by atoms with Crippen molar-refractivity contribution in [1.82, 2.24) is 4.98 Å². The summed E-state index contributed by atoms with van der Waals surface area (Å²) >= 11 is 0. The lowest BCUT2D eigenvalue weighted by molar-refractivity contribution is 0.595. The highest BCUT2D eigenvalue weighted by molar-refractivity contribution is 5.23. The number of hydrogen-bond donors (Lipinski definition) is 1. The summed E-state index contributed by atoms with van der Waals surface area (Å²) in [7, 11) is 0. The quantitative estimate of drug-likeness (QED) is 0.767. The van der Waals surface area contributed by atoms with Gasteiger partial charge < -0.3 is 5.73 Å². The predicted octanol–water partition coefficient (Wildman–Crippen LogP) is 1.60. The lowest BCUT2D eigenvalue weighted by atomic mass is 10.1. The third-order valence-corrected chi connectivity index (χ3v) is 2.37. The Kier molecular flexibility index (Phi) is 2.27. The Morgan fingerprint density at radius 1 is 1.54 bits per heavy atom. The van der Waals surface area contributed by atoms with Crippen molar-refractivity contribution in [2.75, 3.05) is 6.54 Å². The van der Waals surface area contributed by atoms with Crippen LogP contribution in [-0.4, -0.2) is 11.5 Å². The van der Waals surface area contributed by atoms with Crippen molar-refractivity contribution in [1.29, 1.82) is 0 Å². The van der Waals surface area contributed by atoms with E-state index in [2.05, 4.69) is 4.98 Å². The van der Waals surface area contributed by atoms with Gasteiger partial charge in [0.2, 0.25) is 0 Å². The second-order valence-electron chi connectivity index (χ2n) is 3.51. The van der Waals surface area contributed by atoms with Gasteiger partial charge in [-0.25, -0.2) is 4.39 Å². The molecule has 3 heteroatoms. The molecule has 0 unspecified atom stereocenters. The fraction of sp³-hybridized carbons (Fsp3) is 0.500. The van der Waals surface area contributed by atoms with Gasteiger partial charge in [0.05, 0.1) is 5.69 Å². The number of halogens is 1. The van der Waals surface area contributed by atoms with Crippen molar-refractivity contribution < 1.29 is 4.39 Å². The predicted molar refractivity (Wildman–Crippen MR) is 48.9 cm³/mol. The van der Waals surface area contributed by atoms with E-state index in [-0.39, 0.29) is 5.82 Å². The van der Waals surface area contributed by atoms with Crippen LogP contribution in [-0.2, 0) is 6.42 Å². The third-order valence-electron chi connectivity index (χ3n) is 2.37. The molecule has 13 heavy (non-hydrogen) atoms. The van der Waals surface area contributed by atoms with Crippen LogP contribution in [0.5, 0.6) is 0 Å². The molecular formula is C10H13FN2. The average Bonchev–Trinajstić information content (AvgIpc) is 2.91. The van der Waals surface area contributed by atoms with Crippen molar-refractivity contribution in [2.24, 2.45) is 5.73 Å². The number of nitrogens with zero attached hydrogens (tertiary/aromatic N) is 1. The zero-order chi connectivity index (χ0) is 9.26. The fourth-order valence-corrected chi connectivity index (χ4v) is 1.44. The molecule has 1 aliphatic rings. The van der Waals surface area contributed by atoms with E-state index in [4.69, 9.17) is 5.73 Å². The van der Waals surface area contributed by atoms with E-state index in [1.165, 1.54) is 12.8 Å². The molecule has 0 aromatic carbocycles. The van der Waals surface area contributed by atoms with Crippen LogP contribution in [0.4, 0.5) is 4.39 Å². The van der Waals surface area contributed by atoms with Gasteiger partial charge in [-0.15, -0.1) is 0 Å². The molecule has 1 aromatic rings. The van der Waals surface area contributed by atoms with E-state index in [9.17, 15) is 4.39 Å². The zero-order valence-corrected chi connectivity index (χ0v) is 7.46. The van der Waals surface area contributed by atoms with Gasteiger partial charge in [-0.3, -0.25) is 4.98 Å². The minimum atomic E-state index is -0.199. The zero-order valence-electron chi connectivity index (χ0n) is 7.46. The van der Waals surface area contributed by atoms with Gasteiger partial charge in [0, 0.05) is 12.6 Å². The lowest BCUT2D eigenvalue weighted by Gasteiger charge is -2.02. The second-order valence-corrected chi connectivity index (χ2v) is 3.51. The summed E-state index contributed by atoms with van der Waals surface area (Å²) in [6, 6.07) is 1.61. The Bertz CT molecular complexity index is 308. The number of rotatable bonds is 3. The highest BCUT2D eigenvalue weighted by atomic mass is 19.1. The molecule has 0 atom stereocenters. The minimum Gasteiger partial charge on any atom is -0.330 e. The van der Waals surface area contributed by atoms with Gasteiger partial charge in [-0.05, 0) is 36.9 Å². The van der Waals surface area contributed by atoms with Crippen LogP contribution in [0.3, 0.4) is 0 Å². The SMILES string of the molecule is NCCc1ncc(C2CC2)cc1F. The maximum Gasteiger partial charge on any atom is 0.145 e. The molecule has 1 saturated carbocycles. The summed E-state index contributed by atoms with van der Waals surface area (Å²) in [6.07, 6.45) is 4.66. The molecule has 0 amide bonds. The number of hydrogen-bond acceptors (Lipinski definition) is 2. The Balaban J connectivity index is 2.21. The Labute approximate surface area is 77.0 Å². The molecule has 2 N–H and O–H groups in total. The molecule has 1 fully saturated rings. The maximum absolute atomic E-state index is 13.3. The summed E-state index contributed by atoms with van der Waals surface area (Å²) in [5, 5.41) is 0. The maximum atomic E-state index is 13.3. The minimum absolute atomic E-state index is 0.199. The van der Waals surface area contributed by atoms with Gasteiger partial charge in [-0.1, -0.05) is 0 Å². The topological polar surface area (TPSA) is 38.9 Å². The van der Waals surface area contributed by atoms with E-state index >= 15 is 0 Å². The first-order chi connectivity index (χ1) is 6.31. The lowest BCUT2D eigenvalue weighted by Crippen LogP contribution is -2.06. The largest absolute Gasteiger partial charge is 0.330 e.